The van der Waals surface area contributed by atoms with Crippen molar-refractivity contribution in [2.24, 2.45) is 0 Å². The summed E-state index contributed by atoms with van der Waals surface area (Å²) >= 11 is 0. The number of carbonyl (C=O) groups excluding carboxylic acids is 2. The van der Waals surface area contributed by atoms with Crippen LogP contribution in [0.15, 0.2) is 30.3 Å². The van der Waals surface area contributed by atoms with Crippen LogP contribution in [0.3, 0.4) is 0 Å². The predicted molar refractivity (Wildman–Crippen MR) is 86.7 cm³/mol. The van der Waals surface area contributed by atoms with Gasteiger partial charge in [-0.05, 0) is 25.5 Å². The number of ether oxygens (including phenoxy) is 1. The maximum absolute atomic E-state index is 11.7. The lowest BCUT2D eigenvalue weighted by molar-refractivity contribution is -0.131. The number of amides is 2. The number of nitrogens with one attached hydrogen (secondary N) is 1. The van der Waals surface area contributed by atoms with E-state index in [2.05, 4.69) is 5.32 Å². The van der Waals surface area contributed by atoms with Crippen LogP contribution in [-0.2, 0) is 9.59 Å². The fourth-order valence-electron chi connectivity index (χ4n) is 2.09. The Kier molecular flexibility index (Phi) is 8.04. The van der Waals surface area contributed by atoms with Gasteiger partial charge in [0.1, 0.15) is 5.75 Å². The average Bonchev–Trinajstić information content (AvgIpc) is 2.51. The molecule has 5 heteroatoms. The van der Waals surface area contributed by atoms with Crippen molar-refractivity contribution in [2.45, 2.75) is 39.7 Å². The van der Waals surface area contributed by atoms with Gasteiger partial charge in [0.2, 0.25) is 11.8 Å². The molecular weight excluding hydrogens is 280 g/mol. The molecule has 1 unspecified atom stereocenters. The molecule has 0 fully saturated rings. The molecule has 1 rings (SSSR count). The van der Waals surface area contributed by atoms with Crippen molar-refractivity contribution in [3.63, 3.8) is 0 Å². The summed E-state index contributed by atoms with van der Waals surface area (Å²) in [5, 5.41) is 2.82. The van der Waals surface area contributed by atoms with Gasteiger partial charge in [0.25, 0.3) is 0 Å². The van der Waals surface area contributed by atoms with Gasteiger partial charge in [-0.2, -0.15) is 0 Å². The molecule has 0 aliphatic heterocycles. The number of hydrogen-bond donors (Lipinski definition) is 1. The number of carbonyl (C=O) groups is 2. The third-order valence-electron chi connectivity index (χ3n) is 3.54. The van der Waals surface area contributed by atoms with E-state index in [1.807, 2.05) is 44.2 Å². The van der Waals surface area contributed by atoms with Crippen molar-refractivity contribution in [2.75, 3.05) is 19.7 Å². The molecule has 2 amide bonds. The first-order chi connectivity index (χ1) is 10.5. The highest BCUT2D eigenvalue weighted by Gasteiger charge is 2.14. The molecule has 0 saturated heterocycles. The smallest absolute Gasteiger partial charge is 0.223 e. The van der Waals surface area contributed by atoms with Crippen LogP contribution >= 0.6 is 0 Å². The van der Waals surface area contributed by atoms with Gasteiger partial charge in [0, 0.05) is 26.1 Å². The molecule has 0 bridgehead atoms. The van der Waals surface area contributed by atoms with Crippen LogP contribution in [0.1, 0.15) is 33.6 Å². The zero-order chi connectivity index (χ0) is 16.4. The standard InChI is InChI=1S/C17H26N2O3/c1-4-14(2)19(15(3)20)12-11-18-17(21)10-13-22-16-8-6-5-7-9-16/h5-9,14H,4,10-13H2,1-3H3,(H,18,21). The van der Waals surface area contributed by atoms with Crippen LogP contribution in [0, 0.1) is 0 Å². The zero-order valence-electron chi connectivity index (χ0n) is 13.7. The molecule has 0 radical (unpaired) electrons. The Bertz CT molecular complexity index is 462. The molecule has 1 atom stereocenters. The van der Waals surface area contributed by atoms with Crippen molar-refractivity contribution >= 4 is 11.8 Å². The molecular formula is C17H26N2O3. The van der Waals surface area contributed by atoms with Crippen LogP contribution in [0.25, 0.3) is 0 Å². The first-order valence-corrected chi connectivity index (χ1v) is 7.76. The first kappa shape index (κ1) is 18.0. The van der Waals surface area contributed by atoms with E-state index < -0.39 is 0 Å². The second-order valence-electron chi connectivity index (χ2n) is 5.23. The van der Waals surface area contributed by atoms with E-state index in [1.165, 1.54) is 0 Å². The van der Waals surface area contributed by atoms with E-state index >= 15 is 0 Å². The van der Waals surface area contributed by atoms with E-state index in [0.717, 1.165) is 12.2 Å². The Balaban J connectivity index is 2.21. The normalized spacial score (nSPS) is 11.6. The van der Waals surface area contributed by atoms with Crippen molar-refractivity contribution in [1.29, 1.82) is 0 Å². The zero-order valence-corrected chi connectivity index (χ0v) is 13.7. The van der Waals surface area contributed by atoms with Crippen LogP contribution in [0.2, 0.25) is 0 Å². The molecule has 0 spiro atoms. The molecule has 1 N–H and O–H groups in total. The molecule has 0 heterocycles. The first-order valence-electron chi connectivity index (χ1n) is 7.76. The maximum Gasteiger partial charge on any atom is 0.223 e. The summed E-state index contributed by atoms with van der Waals surface area (Å²) in [6, 6.07) is 9.60. The van der Waals surface area contributed by atoms with Crippen molar-refractivity contribution < 1.29 is 14.3 Å². The van der Waals surface area contributed by atoms with Crippen LogP contribution in [0.5, 0.6) is 5.75 Å². The van der Waals surface area contributed by atoms with Gasteiger partial charge in [-0.1, -0.05) is 25.1 Å². The maximum atomic E-state index is 11.7. The van der Waals surface area contributed by atoms with Crippen molar-refractivity contribution in [3.8, 4) is 5.75 Å². The molecule has 1 aromatic rings. The van der Waals surface area contributed by atoms with E-state index in [1.54, 1.807) is 11.8 Å². The van der Waals surface area contributed by atoms with Crippen molar-refractivity contribution in [1.82, 2.24) is 10.2 Å². The van der Waals surface area contributed by atoms with Gasteiger partial charge in [-0.3, -0.25) is 9.59 Å². The second kappa shape index (κ2) is 9.82. The lowest BCUT2D eigenvalue weighted by atomic mass is 10.2. The highest BCUT2D eigenvalue weighted by Crippen LogP contribution is 2.08. The van der Waals surface area contributed by atoms with E-state index in [4.69, 9.17) is 4.74 Å². The molecule has 122 valence electrons. The van der Waals surface area contributed by atoms with Crippen LogP contribution < -0.4 is 10.1 Å². The monoisotopic (exact) mass is 306 g/mol. The Morgan fingerprint density at radius 3 is 2.55 bits per heavy atom. The predicted octanol–water partition coefficient (Wildman–Crippen LogP) is 2.22. The summed E-state index contributed by atoms with van der Waals surface area (Å²) in [5.41, 5.74) is 0. The molecule has 0 aliphatic carbocycles. The van der Waals surface area contributed by atoms with Gasteiger partial charge in [0.15, 0.2) is 0 Å². The third kappa shape index (κ3) is 6.61. The molecule has 22 heavy (non-hydrogen) atoms. The summed E-state index contributed by atoms with van der Waals surface area (Å²) in [5.74, 6) is 0.731. The molecule has 0 aliphatic rings. The van der Waals surface area contributed by atoms with Crippen LogP contribution in [-0.4, -0.2) is 42.5 Å². The van der Waals surface area contributed by atoms with E-state index in [9.17, 15) is 9.59 Å². The topological polar surface area (TPSA) is 58.6 Å². The Hall–Kier alpha value is -2.04. The SMILES string of the molecule is CCC(C)N(CCNC(=O)CCOc1ccccc1)C(C)=O. The van der Waals surface area contributed by atoms with E-state index in [-0.39, 0.29) is 17.9 Å². The largest absolute Gasteiger partial charge is 0.493 e. The lowest BCUT2D eigenvalue weighted by Gasteiger charge is -2.27. The Morgan fingerprint density at radius 1 is 1.27 bits per heavy atom. The number of benzene rings is 1. The number of nitrogens with zero attached hydrogens (tertiary/aromatic N) is 1. The van der Waals surface area contributed by atoms with Gasteiger partial charge in [0.05, 0.1) is 13.0 Å². The number of rotatable bonds is 9. The Labute approximate surface area is 132 Å². The summed E-state index contributed by atoms with van der Waals surface area (Å²) in [6.45, 7) is 6.96. The molecule has 5 nitrogen and oxygen atoms in total. The fourth-order valence-corrected chi connectivity index (χ4v) is 2.09. The minimum atomic E-state index is -0.0661. The molecule has 0 aromatic heterocycles. The summed E-state index contributed by atoms with van der Waals surface area (Å²) in [6.07, 6.45) is 1.21. The average molecular weight is 306 g/mol. The second-order valence-corrected chi connectivity index (χ2v) is 5.23. The van der Waals surface area contributed by atoms with Gasteiger partial charge < -0.3 is 15.0 Å². The van der Waals surface area contributed by atoms with Gasteiger partial charge in [-0.25, -0.2) is 0 Å². The minimum absolute atomic E-state index is 0.0380. The fraction of sp³-hybridized carbons (Fsp3) is 0.529. The third-order valence-corrected chi connectivity index (χ3v) is 3.54. The highest BCUT2D eigenvalue weighted by molar-refractivity contribution is 5.76. The van der Waals surface area contributed by atoms with Crippen LogP contribution in [0.4, 0.5) is 0 Å². The summed E-state index contributed by atoms with van der Waals surface area (Å²) in [7, 11) is 0. The molecule has 0 saturated carbocycles. The lowest BCUT2D eigenvalue weighted by Crippen LogP contribution is -2.42. The minimum Gasteiger partial charge on any atom is -0.493 e. The van der Waals surface area contributed by atoms with E-state index in [0.29, 0.717) is 26.1 Å². The van der Waals surface area contributed by atoms with Crippen molar-refractivity contribution in [3.05, 3.63) is 30.3 Å². The number of para-hydroxylation sites is 1. The summed E-state index contributed by atoms with van der Waals surface area (Å²) in [4.78, 5) is 25.1. The summed E-state index contributed by atoms with van der Waals surface area (Å²) < 4.78 is 5.47. The Morgan fingerprint density at radius 2 is 1.95 bits per heavy atom. The quantitative estimate of drug-likeness (QED) is 0.761. The van der Waals surface area contributed by atoms with Gasteiger partial charge >= 0.3 is 0 Å². The molecule has 1 aromatic carbocycles. The highest BCUT2D eigenvalue weighted by atomic mass is 16.5. The number of hydrogen-bond acceptors (Lipinski definition) is 3. The van der Waals surface area contributed by atoms with Gasteiger partial charge in [-0.15, -0.1) is 0 Å².